The van der Waals surface area contributed by atoms with Crippen LogP contribution in [0, 0.1) is 19.8 Å². The Bertz CT molecular complexity index is 1330. The number of carbonyl (C=O) groups excluding carboxylic acids is 3. The number of rotatable bonds is 5. The molecular formula is C25H25N5O5S. The van der Waals surface area contributed by atoms with Crippen LogP contribution in [0.3, 0.4) is 0 Å². The number of aryl methyl sites for hydroxylation is 2. The molecule has 36 heavy (non-hydrogen) atoms. The molecule has 3 heterocycles. The van der Waals surface area contributed by atoms with Crippen LogP contribution >= 0.6 is 11.3 Å². The van der Waals surface area contributed by atoms with E-state index in [2.05, 4.69) is 20.8 Å². The number of amides is 3. The first-order chi connectivity index (χ1) is 17.4. The Labute approximate surface area is 211 Å². The summed E-state index contributed by atoms with van der Waals surface area (Å²) in [6, 6.07) is 10.9. The van der Waals surface area contributed by atoms with Gasteiger partial charge in [0.2, 0.25) is 22.7 Å². The molecule has 2 aromatic carbocycles. The summed E-state index contributed by atoms with van der Waals surface area (Å²) in [4.78, 5) is 39.9. The maximum Gasteiger partial charge on any atom is 0.286 e. The molecule has 2 aliphatic heterocycles. The second-order valence-electron chi connectivity index (χ2n) is 8.79. The normalized spacial score (nSPS) is 15.0. The molecule has 0 bridgehead atoms. The minimum atomic E-state index is -0.466. The van der Waals surface area contributed by atoms with Gasteiger partial charge in [-0.25, -0.2) is 0 Å². The maximum atomic E-state index is 12.9. The number of hydrogen-bond acceptors (Lipinski definition) is 8. The highest BCUT2D eigenvalue weighted by Crippen LogP contribution is 2.34. The minimum absolute atomic E-state index is 0.0382. The monoisotopic (exact) mass is 507 g/mol. The van der Waals surface area contributed by atoms with Gasteiger partial charge in [0, 0.05) is 36.4 Å². The van der Waals surface area contributed by atoms with E-state index in [0.29, 0.717) is 43.1 Å². The van der Waals surface area contributed by atoms with Crippen molar-refractivity contribution in [1.29, 1.82) is 0 Å². The van der Waals surface area contributed by atoms with Gasteiger partial charge in [-0.15, -0.1) is 10.2 Å². The summed E-state index contributed by atoms with van der Waals surface area (Å²) in [5.74, 6) is 0.196. The number of fused-ring (bicyclic) bond motifs is 1. The highest BCUT2D eigenvalue weighted by Gasteiger charge is 2.30. The van der Waals surface area contributed by atoms with Crippen molar-refractivity contribution in [3.63, 3.8) is 0 Å². The van der Waals surface area contributed by atoms with Gasteiger partial charge in [0.05, 0.1) is 0 Å². The van der Waals surface area contributed by atoms with E-state index in [1.807, 2.05) is 32.0 Å². The lowest BCUT2D eigenvalue weighted by Crippen LogP contribution is -2.41. The van der Waals surface area contributed by atoms with Crippen molar-refractivity contribution in [2.75, 3.05) is 30.5 Å². The van der Waals surface area contributed by atoms with Gasteiger partial charge < -0.3 is 25.0 Å². The molecule has 0 unspecified atom stereocenters. The Kier molecular flexibility index (Phi) is 6.55. The number of benzene rings is 2. The van der Waals surface area contributed by atoms with Crippen molar-refractivity contribution in [3.8, 4) is 11.5 Å². The van der Waals surface area contributed by atoms with E-state index in [1.54, 1.807) is 23.1 Å². The summed E-state index contributed by atoms with van der Waals surface area (Å²) >= 11 is 0.938. The molecule has 0 radical (unpaired) electrons. The molecule has 1 saturated heterocycles. The Balaban J connectivity index is 1.14. The van der Waals surface area contributed by atoms with Crippen LogP contribution in [-0.2, 0) is 4.79 Å². The number of likely N-dealkylation sites (tertiary alicyclic amines) is 1. The third-order valence-corrected chi connectivity index (χ3v) is 7.27. The highest BCUT2D eigenvalue weighted by molar-refractivity contribution is 7.15. The first kappa shape index (κ1) is 23.7. The molecule has 11 heteroatoms. The van der Waals surface area contributed by atoms with Crippen LogP contribution in [0.4, 0.5) is 11.4 Å². The summed E-state index contributed by atoms with van der Waals surface area (Å²) in [6.07, 6.45) is 1.11. The fourth-order valence-electron chi connectivity index (χ4n) is 4.10. The maximum absolute atomic E-state index is 12.9. The largest absolute Gasteiger partial charge is 0.454 e. The Hall–Kier alpha value is -3.99. The molecule has 3 amide bonds. The SMILES string of the molecule is Cc1ccc(NC(=O)C2CCN(C(=O)c3nnc(C(=O)Nc4ccc5c(c4)OCO5)s3)CC2)cc1C. The van der Waals surface area contributed by atoms with Crippen molar-refractivity contribution in [1.82, 2.24) is 15.1 Å². The lowest BCUT2D eigenvalue weighted by atomic mass is 9.95. The number of nitrogens with zero attached hydrogens (tertiary/aromatic N) is 3. The van der Waals surface area contributed by atoms with E-state index < -0.39 is 5.91 Å². The first-order valence-corrected chi connectivity index (χ1v) is 12.4. The molecule has 1 aromatic heterocycles. The van der Waals surface area contributed by atoms with Crippen molar-refractivity contribution in [2.24, 2.45) is 5.92 Å². The van der Waals surface area contributed by atoms with Crippen LogP contribution < -0.4 is 20.1 Å². The first-order valence-electron chi connectivity index (χ1n) is 11.6. The second-order valence-corrected chi connectivity index (χ2v) is 9.77. The Morgan fingerprint density at radius 3 is 2.36 bits per heavy atom. The lowest BCUT2D eigenvalue weighted by molar-refractivity contribution is -0.121. The number of piperidine rings is 1. The average molecular weight is 508 g/mol. The zero-order valence-electron chi connectivity index (χ0n) is 19.9. The molecule has 0 saturated carbocycles. The highest BCUT2D eigenvalue weighted by atomic mass is 32.1. The topological polar surface area (TPSA) is 123 Å². The standard InChI is InChI=1S/C25H25N5O5S/c1-14-3-4-17(11-15(14)2)26-21(31)16-7-9-30(10-8-16)25(33)24-29-28-23(36-24)22(32)27-18-5-6-19-20(12-18)35-13-34-19/h3-6,11-12,16H,7-10,13H2,1-2H3,(H,26,31)(H,27,32). The molecule has 1 fully saturated rings. The molecule has 0 aliphatic carbocycles. The van der Waals surface area contributed by atoms with Gasteiger partial charge in [-0.3, -0.25) is 14.4 Å². The van der Waals surface area contributed by atoms with Gasteiger partial charge >= 0.3 is 0 Å². The number of ether oxygens (including phenoxy) is 2. The summed E-state index contributed by atoms with van der Waals surface area (Å²) in [7, 11) is 0. The molecule has 2 aliphatic rings. The van der Waals surface area contributed by atoms with E-state index in [4.69, 9.17) is 9.47 Å². The Morgan fingerprint density at radius 1 is 0.889 bits per heavy atom. The minimum Gasteiger partial charge on any atom is -0.454 e. The quantitative estimate of drug-likeness (QED) is 0.541. The van der Waals surface area contributed by atoms with Gasteiger partial charge in [-0.2, -0.15) is 0 Å². The number of anilines is 2. The molecule has 2 N–H and O–H groups in total. The molecular weight excluding hydrogens is 482 g/mol. The fraction of sp³-hybridized carbons (Fsp3) is 0.320. The van der Waals surface area contributed by atoms with Crippen LogP contribution in [0.5, 0.6) is 11.5 Å². The van der Waals surface area contributed by atoms with Crippen LogP contribution in [0.2, 0.25) is 0 Å². The molecule has 3 aromatic rings. The average Bonchev–Trinajstić information content (AvgIpc) is 3.56. The van der Waals surface area contributed by atoms with Crippen molar-refractivity contribution >= 4 is 40.4 Å². The third kappa shape index (κ3) is 5.01. The smallest absolute Gasteiger partial charge is 0.286 e. The molecule has 5 rings (SSSR count). The van der Waals surface area contributed by atoms with E-state index in [0.717, 1.165) is 22.6 Å². The van der Waals surface area contributed by atoms with Gasteiger partial charge in [-0.05, 0) is 62.1 Å². The van der Waals surface area contributed by atoms with Gasteiger partial charge in [0.15, 0.2) is 11.5 Å². The third-order valence-electron chi connectivity index (χ3n) is 6.36. The van der Waals surface area contributed by atoms with E-state index in [-0.39, 0.29) is 34.5 Å². The molecule has 10 nitrogen and oxygen atoms in total. The van der Waals surface area contributed by atoms with E-state index >= 15 is 0 Å². The van der Waals surface area contributed by atoms with Crippen molar-refractivity contribution in [2.45, 2.75) is 26.7 Å². The lowest BCUT2D eigenvalue weighted by Gasteiger charge is -2.30. The van der Waals surface area contributed by atoms with Crippen LogP contribution in [0.25, 0.3) is 0 Å². The van der Waals surface area contributed by atoms with Crippen LogP contribution in [-0.4, -0.2) is 52.7 Å². The van der Waals surface area contributed by atoms with Gasteiger partial charge in [-0.1, -0.05) is 17.4 Å². The molecule has 0 atom stereocenters. The Morgan fingerprint density at radius 2 is 1.58 bits per heavy atom. The van der Waals surface area contributed by atoms with Crippen molar-refractivity contribution < 1.29 is 23.9 Å². The number of carbonyl (C=O) groups is 3. The number of hydrogen-bond donors (Lipinski definition) is 2. The fourth-order valence-corrected chi connectivity index (χ4v) is 4.81. The predicted octanol–water partition coefficient (Wildman–Crippen LogP) is 3.63. The van der Waals surface area contributed by atoms with E-state index in [1.165, 1.54) is 5.56 Å². The van der Waals surface area contributed by atoms with Gasteiger partial charge in [0.1, 0.15) is 0 Å². The summed E-state index contributed by atoms with van der Waals surface area (Å²) in [6.45, 7) is 5.04. The summed E-state index contributed by atoms with van der Waals surface area (Å²) < 4.78 is 10.6. The predicted molar refractivity (Wildman–Crippen MR) is 134 cm³/mol. The number of aromatic nitrogens is 2. The zero-order chi connectivity index (χ0) is 25.2. The summed E-state index contributed by atoms with van der Waals surface area (Å²) in [5, 5.41) is 13.8. The number of nitrogens with one attached hydrogen (secondary N) is 2. The van der Waals surface area contributed by atoms with Crippen molar-refractivity contribution in [3.05, 3.63) is 57.5 Å². The summed E-state index contributed by atoms with van der Waals surface area (Å²) in [5.41, 5.74) is 3.59. The molecule has 0 spiro atoms. The second kappa shape index (κ2) is 9.94. The zero-order valence-corrected chi connectivity index (χ0v) is 20.7. The van der Waals surface area contributed by atoms with Crippen LogP contribution in [0.1, 0.15) is 43.6 Å². The van der Waals surface area contributed by atoms with Crippen LogP contribution in [0.15, 0.2) is 36.4 Å². The van der Waals surface area contributed by atoms with Gasteiger partial charge in [0.25, 0.3) is 11.8 Å². The van der Waals surface area contributed by atoms with E-state index in [9.17, 15) is 14.4 Å². The molecule has 186 valence electrons.